The molecule has 16 heavy (non-hydrogen) atoms. The number of aryl methyl sites for hydroxylation is 2. The van der Waals surface area contributed by atoms with Crippen molar-refractivity contribution >= 4 is 16.3 Å². The van der Waals surface area contributed by atoms with E-state index in [0.29, 0.717) is 0 Å². The van der Waals surface area contributed by atoms with Gasteiger partial charge in [0, 0.05) is 0 Å². The van der Waals surface area contributed by atoms with Crippen LogP contribution in [0, 0.1) is 0 Å². The van der Waals surface area contributed by atoms with Crippen LogP contribution in [0.25, 0.3) is 4.96 Å². The molecular formula is C12H19N3S. The molecule has 0 saturated carbocycles. The largest absolute Gasteiger partial charge is 0.223 e. The first-order chi connectivity index (χ1) is 7.83. The van der Waals surface area contributed by atoms with Gasteiger partial charge in [-0.25, -0.2) is 9.50 Å². The summed E-state index contributed by atoms with van der Waals surface area (Å²) in [6, 6.07) is 0. The van der Waals surface area contributed by atoms with Crippen LogP contribution in [0.4, 0.5) is 0 Å². The number of unbranched alkanes of at least 4 members (excludes halogenated alkanes) is 3. The first-order valence-electron chi connectivity index (χ1n) is 6.17. The zero-order valence-electron chi connectivity index (χ0n) is 10.1. The number of fused-ring (bicyclic) bond motifs is 1. The smallest absolute Gasteiger partial charge is 0.212 e. The monoisotopic (exact) mass is 237 g/mol. The molecule has 0 aromatic carbocycles. The molecule has 0 unspecified atom stereocenters. The number of hydrogen-bond donors (Lipinski definition) is 0. The Bertz CT molecular complexity index is 412. The summed E-state index contributed by atoms with van der Waals surface area (Å²) in [6.07, 6.45) is 9.36. The van der Waals surface area contributed by atoms with Crippen LogP contribution in [0.1, 0.15) is 50.2 Å². The van der Waals surface area contributed by atoms with E-state index >= 15 is 0 Å². The normalized spacial score (nSPS) is 11.4. The lowest BCUT2D eigenvalue weighted by Crippen LogP contribution is -1.87. The highest BCUT2D eigenvalue weighted by atomic mass is 32.1. The molecule has 0 aliphatic heterocycles. The molecule has 0 aliphatic rings. The van der Waals surface area contributed by atoms with E-state index in [9.17, 15) is 0 Å². The van der Waals surface area contributed by atoms with Crippen LogP contribution in [-0.4, -0.2) is 14.6 Å². The van der Waals surface area contributed by atoms with E-state index in [1.807, 2.05) is 4.52 Å². The minimum Gasteiger partial charge on any atom is -0.223 e. The summed E-state index contributed by atoms with van der Waals surface area (Å²) >= 11 is 1.70. The molecule has 3 nitrogen and oxygen atoms in total. The van der Waals surface area contributed by atoms with E-state index < -0.39 is 0 Å². The van der Waals surface area contributed by atoms with Crippen molar-refractivity contribution < 1.29 is 0 Å². The van der Waals surface area contributed by atoms with Gasteiger partial charge in [-0.3, -0.25) is 0 Å². The lowest BCUT2D eigenvalue weighted by Gasteiger charge is -1.95. The van der Waals surface area contributed by atoms with Crippen LogP contribution >= 0.6 is 11.3 Å². The second-order valence-electron chi connectivity index (χ2n) is 4.12. The average Bonchev–Trinajstić information content (AvgIpc) is 2.81. The predicted octanol–water partition coefficient (Wildman–Crippen LogP) is 3.48. The van der Waals surface area contributed by atoms with Gasteiger partial charge >= 0.3 is 0 Å². The van der Waals surface area contributed by atoms with Gasteiger partial charge in [0.15, 0.2) is 0 Å². The highest BCUT2D eigenvalue weighted by Gasteiger charge is 2.06. The summed E-state index contributed by atoms with van der Waals surface area (Å²) in [5.41, 5.74) is 1.19. The molecule has 2 rings (SSSR count). The standard InChI is InChI=1S/C12H19N3S/c1-3-5-6-7-8-10-9-15-12(13-10)16-11(4-2)14-15/h9H,3-8H2,1-2H3. The molecule has 0 N–H and O–H groups in total. The summed E-state index contributed by atoms with van der Waals surface area (Å²) in [7, 11) is 0. The Morgan fingerprint density at radius 3 is 2.81 bits per heavy atom. The molecule has 0 aliphatic carbocycles. The van der Waals surface area contributed by atoms with E-state index in [-0.39, 0.29) is 0 Å². The fraction of sp³-hybridized carbons (Fsp3) is 0.667. The predicted molar refractivity (Wildman–Crippen MR) is 68.1 cm³/mol. The second-order valence-corrected chi connectivity index (χ2v) is 5.16. The molecule has 0 amide bonds. The van der Waals surface area contributed by atoms with Crippen LogP contribution in [0.5, 0.6) is 0 Å². The number of nitrogens with zero attached hydrogens (tertiary/aromatic N) is 3. The molecule has 2 aromatic rings. The Kier molecular flexibility index (Phi) is 3.93. The Labute approximate surface area is 101 Å². The Hall–Kier alpha value is -0.900. The molecular weight excluding hydrogens is 218 g/mol. The molecule has 0 saturated heterocycles. The maximum absolute atomic E-state index is 4.60. The fourth-order valence-corrected chi connectivity index (χ4v) is 2.62. The molecule has 0 bridgehead atoms. The van der Waals surface area contributed by atoms with Crippen LogP contribution in [0.15, 0.2) is 6.20 Å². The SMILES string of the molecule is CCCCCCc1cn2nc(CC)sc2n1. The third-order valence-corrected chi connectivity index (χ3v) is 3.79. The quantitative estimate of drug-likeness (QED) is 0.720. The van der Waals surface area contributed by atoms with Crippen molar-refractivity contribution in [2.24, 2.45) is 0 Å². The molecule has 88 valence electrons. The van der Waals surface area contributed by atoms with Crippen LogP contribution in [0.2, 0.25) is 0 Å². The molecule has 0 fully saturated rings. The third-order valence-electron chi connectivity index (χ3n) is 2.72. The molecule has 2 heterocycles. The van der Waals surface area contributed by atoms with E-state index in [4.69, 9.17) is 0 Å². The third kappa shape index (κ3) is 2.61. The molecule has 0 spiro atoms. The summed E-state index contributed by atoms with van der Waals surface area (Å²) < 4.78 is 1.93. The minimum atomic E-state index is 1.000. The van der Waals surface area contributed by atoms with Crippen molar-refractivity contribution in [3.8, 4) is 0 Å². The van der Waals surface area contributed by atoms with Crippen LogP contribution in [-0.2, 0) is 12.8 Å². The summed E-state index contributed by atoms with van der Waals surface area (Å²) in [4.78, 5) is 5.64. The second kappa shape index (κ2) is 5.43. The molecule has 0 radical (unpaired) electrons. The summed E-state index contributed by atoms with van der Waals surface area (Å²) in [6.45, 7) is 4.37. The molecule has 4 heteroatoms. The van der Waals surface area contributed by atoms with E-state index in [2.05, 4.69) is 30.1 Å². The molecule has 2 aromatic heterocycles. The van der Waals surface area contributed by atoms with E-state index in [1.54, 1.807) is 11.3 Å². The Morgan fingerprint density at radius 1 is 1.25 bits per heavy atom. The zero-order chi connectivity index (χ0) is 11.4. The number of rotatable bonds is 6. The minimum absolute atomic E-state index is 1.000. The lowest BCUT2D eigenvalue weighted by molar-refractivity contribution is 0.662. The number of imidazole rings is 1. The van der Waals surface area contributed by atoms with Gasteiger partial charge < -0.3 is 0 Å². The van der Waals surface area contributed by atoms with Gasteiger partial charge in [-0.1, -0.05) is 44.4 Å². The maximum atomic E-state index is 4.60. The Morgan fingerprint density at radius 2 is 2.12 bits per heavy atom. The van der Waals surface area contributed by atoms with Gasteiger partial charge in [-0.15, -0.1) is 0 Å². The number of aromatic nitrogens is 3. The van der Waals surface area contributed by atoms with Gasteiger partial charge in [0.25, 0.3) is 0 Å². The highest BCUT2D eigenvalue weighted by Crippen LogP contribution is 2.16. The summed E-state index contributed by atoms with van der Waals surface area (Å²) in [5.74, 6) is 0. The first-order valence-corrected chi connectivity index (χ1v) is 6.99. The first kappa shape index (κ1) is 11.6. The average molecular weight is 237 g/mol. The Balaban J connectivity index is 1.95. The molecule has 0 atom stereocenters. The van der Waals surface area contributed by atoms with Gasteiger partial charge in [0.1, 0.15) is 5.01 Å². The van der Waals surface area contributed by atoms with Crippen molar-refractivity contribution in [3.63, 3.8) is 0 Å². The topological polar surface area (TPSA) is 30.2 Å². The van der Waals surface area contributed by atoms with Gasteiger partial charge in [0.2, 0.25) is 4.96 Å². The van der Waals surface area contributed by atoms with Crippen LogP contribution in [0.3, 0.4) is 0 Å². The maximum Gasteiger partial charge on any atom is 0.212 e. The zero-order valence-corrected chi connectivity index (χ0v) is 10.9. The van der Waals surface area contributed by atoms with Gasteiger partial charge in [-0.2, -0.15) is 5.10 Å². The van der Waals surface area contributed by atoms with Gasteiger partial charge in [-0.05, 0) is 19.3 Å². The highest BCUT2D eigenvalue weighted by molar-refractivity contribution is 7.16. The van der Waals surface area contributed by atoms with Crippen molar-refractivity contribution in [2.75, 3.05) is 0 Å². The van der Waals surface area contributed by atoms with Crippen LogP contribution < -0.4 is 0 Å². The van der Waals surface area contributed by atoms with Crippen molar-refractivity contribution in [1.29, 1.82) is 0 Å². The number of hydrogen-bond acceptors (Lipinski definition) is 3. The van der Waals surface area contributed by atoms with E-state index in [1.165, 1.54) is 36.4 Å². The van der Waals surface area contributed by atoms with Gasteiger partial charge in [0.05, 0.1) is 11.9 Å². The van der Waals surface area contributed by atoms with Crippen molar-refractivity contribution in [2.45, 2.75) is 52.4 Å². The van der Waals surface area contributed by atoms with Crippen molar-refractivity contribution in [3.05, 3.63) is 16.9 Å². The fourth-order valence-electron chi connectivity index (χ4n) is 1.78. The van der Waals surface area contributed by atoms with Crippen molar-refractivity contribution in [1.82, 2.24) is 14.6 Å². The lowest BCUT2D eigenvalue weighted by atomic mass is 10.1. The summed E-state index contributed by atoms with van der Waals surface area (Å²) in [5, 5.41) is 5.64. The van der Waals surface area contributed by atoms with E-state index in [0.717, 1.165) is 17.8 Å².